The molecule has 3 aromatic heterocycles. The first kappa shape index (κ1) is 24.0. The second kappa shape index (κ2) is 10.1. The smallest absolute Gasteiger partial charge is 0.251 e. The number of hydrogen-bond donors (Lipinski definition) is 3. The molecule has 4 heterocycles. The van der Waals surface area contributed by atoms with Crippen LogP contribution < -0.4 is 16.0 Å². The van der Waals surface area contributed by atoms with Gasteiger partial charge < -0.3 is 25.8 Å². The molecule has 1 aliphatic heterocycles. The minimum atomic E-state index is -0.611. The highest BCUT2D eigenvalue weighted by molar-refractivity contribution is 7.23. The molecular weight excluding hydrogens is 478 g/mol. The number of fused-ring (bicyclic) bond motifs is 1. The Kier molecular flexibility index (Phi) is 6.77. The number of nitrogens with one attached hydrogen (secondary N) is 1. The van der Waals surface area contributed by atoms with Gasteiger partial charge in [0, 0.05) is 42.5 Å². The fraction of sp³-hybridized carbons (Fsp3) is 0.320. The molecule has 1 unspecified atom stereocenters. The summed E-state index contributed by atoms with van der Waals surface area (Å²) in [6, 6.07) is 7.48. The number of carbonyl (C=O) groups excluding carboxylic acids is 1. The van der Waals surface area contributed by atoms with Crippen molar-refractivity contribution in [3.05, 3.63) is 47.8 Å². The first-order valence-electron chi connectivity index (χ1n) is 11.7. The number of nitrogens with zero attached hydrogens (tertiary/aromatic N) is 5. The Morgan fingerprint density at radius 3 is 2.69 bits per heavy atom. The van der Waals surface area contributed by atoms with Crippen molar-refractivity contribution in [1.82, 2.24) is 25.3 Å². The molecule has 4 N–H and O–H groups in total. The zero-order chi connectivity index (χ0) is 25.2. The molecule has 4 aromatic rings. The van der Waals surface area contributed by atoms with Crippen LogP contribution in [0.15, 0.2) is 36.7 Å². The highest BCUT2D eigenvalue weighted by atomic mass is 32.1. The normalized spacial score (nSPS) is 14.7. The van der Waals surface area contributed by atoms with Crippen LogP contribution in [0.5, 0.6) is 0 Å². The van der Waals surface area contributed by atoms with Crippen LogP contribution in [0.3, 0.4) is 0 Å². The van der Waals surface area contributed by atoms with E-state index in [9.17, 15) is 9.90 Å². The van der Waals surface area contributed by atoms with Crippen molar-refractivity contribution in [2.45, 2.75) is 20.0 Å². The van der Waals surface area contributed by atoms with Crippen molar-refractivity contribution < 1.29 is 14.6 Å². The van der Waals surface area contributed by atoms with Crippen molar-refractivity contribution in [2.75, 3.05) is 43.5 Å². The summed E-state index contributed by atoms with van der Waals surface area (Å²) in [5.74, 6) is 1.35. The lowest BCUT2D eigenvalue weighted by Crippen LogP contribution is -2.36. The standard InChI is InChI=1S/C25H27N7O3S/c1-14(33)11-27-24(34)17-5-3-4-16(10-17)20-15(2)19-21(36-20)23(32-6-8-35-9-7-32)31-22(30-19)18-12-28-25(26)29-13-18/h3-5,10,12-14,33H,6-9,11H2,1-2H3,(H,27,34)(H2,26,28,29). The molecule has 1 atom stereocenters. The van der Waals surface area contributed by atoms with Gasteiger partial charge in [-0.05, 0) is 37.1 Å². The van der Waals surface area contributed by atoms with Crippen molar-refractivity contribution >= 4 is 39.2 Å². The molecule has 5 rings (SSSR count). The molecule has 1 amide bonds. The van der Waals surface area contributed by atoms with E-state index in [-0.39, 0.29) is 18.4 Å². The van der Waals surface area contributed by atoms with Crippen LogP contribution in [0, 0.1) is 6.92 Å². The molecule has 11 heteroatoms. The lowest BCUT2D eigenvalue weighted by atomic mass is 10.1. The van der Waals surface area contributed by atoms with Gasteiger partial charge in [-0.1, -0.05) is 12.1 Å². The second-order valence-corrected chi connectivity index (χ2v) is 9.69. The summed E-state index contributed by atoms with van der Waals surface area (Å²) in [7, 11) is 0. The van der Waals surface area contributed by atoms with E-state index in [2.05, 4.69) is 20.2 Å². The average Bonchev–Trinajstić information content (AvgIpc) is 3.24. The molecule has 1 saturated heterocycles. The van der Waals surface area contributed by atoms with E-state index in [0.717, 1.165) is 45.1 Å². The van der Waals surface area contributed by atoms with E-state index in [0.29, 0.717) is 30.2 Å². The molecule has 36 heavy (non-hydrogen) atoms. The highest BCUT2D eigenvalue weighted by Crippen LogP contribution is 2.42. The number of carbonyl (C=O) groups is 1. The number of aliphatic hydroxyl groups excluding tert-OH is 1. The van der Waals surface area contributed by atoms with Crippen LogP contribution in [0.2, 0.25) is 0 Å². The predicted octanol–water partition coefficient (Wildman–Crippen LogP) is 2.65. The molecule has 1 aliphatic rings. The summed E-state index contributed by atoms with van der Waals surface area (Å²) >= 11 is 1.61. The van der Waals surface area contributed by atoms with Crippen LogP contribution in [0.4, 0.5) is 11.8 Å². The number of ether oxygens (including phenoxy) is 1. The number of morpholine rings is 1. The number of benzene rings is 1. The first-order chi connectivity index (χ1) is 17.4. The van der Waals surface area contributed by atoms with E-state index >= 15 is 0 Å². The van der Waals surface area contributed by atoms with Gasteiger partial charge in [-0.3, -0.25) is 4.79 Å². The molecule has 10 nitrogen and oxygen atoms in total. The molecule has 0 bridgehead atoms. The van der Waals surface area contributed by atoms with Gasteiger partial charge in [0.1, 0.15) is 0 Å². The van der Waals surface area contributed by atoms with Gasteiger partial charge in [0.25, 0.3) is 5.91 Å². The van der Waals surface area contributed by atoms with Gasteiger partial charge in [-0.25, -0.2) is 19.9 Å². The number of thiophene rings is 1. The van der Waals surface area contributed by atoms with E-state index < -0.39 is 6.10 Å². The molecule has 0 aliphatic carbocycles. The average molecular weight is 506 g/mol. The van der Waals surface area contributed by atoms with E-state index in [1.54, 1.807) is 36.7 Å². The van der Waals surface area contributed by atoms with Gasteiger partial charge >= 0.3 is 0 Å². The summed E-state index contributed by atoms with van der Waals surface area (Å²) in [5, 5.41) is 12.3. The van der Waals surface area contributed by atoms with Crippen LogP contribution in [-0.2, 0) is 4.74 Å². The number of nitrogen functional groups attached to an aromatic ring is 1. The fourth-order valence-corrected chi connectivity index (χ4v) is 5.32. The topological polar surface area (TPSA) is 139 Å². The number of amides is 1. The monoisotopic (exact) mass is 505 g/mol. The first-order valence-corrected chi connectivity index (χ1v) is 12.5. The molecular formula is C25H27N7O3S. The van der Waals surface area contributed by atoms with Crippen molar-refractivity contribution in [2.24, 2.45) is 0 Å². The Morgan fingerprint density at radius 1 is 1.22 bits per heavy atom. The third-order valence-electron chi connectivity index (χ3n) is 5.93. The third kappa shape index (κ3) is 4.85. The number of anilines is 2. The fourth-order valence-electron chi connectivity index (χ4n) is 4.06. The SMILES string of the molecule is Cc1c(-c2cccc(C(=O)NCC(C)O)c2)sc2c(N3CCOCC3)nc(-c3cnc(N)nc3)nc12. The molecule has 1 fully saturated rings. The largest absolute Gasteiger partial charge is 0.392 e. The van der Waals surface area contributed by atoms with Crippen LogP contribution in [0.25, 0.3) is 32.0 Å². The summed E-state index contributed by atoms with van der Waals surface area (Å²) in [6.45, 7) is 6.59. The number of hydrogen-bond acceptors (Lipinski definition) is 10. The van der Waals surface area contributed by atoms with Gasteiger partial charge in [0.2, 0.25) is 5.95 Å². The van der Waals surface area contributed by atoms with Crippen LogP contribution in [-0.4, -0.2) is 69.9 Å². The summed E-state index contributed by atoms with van der Waals surface area (Å²) < 4.78 is 6.54. The Balaban J connectivity index is 1.61. The Labute approximate surface area is 212 Å². The third-order valence-corrected chi connectivity index (χ3v) is 7.26. The van der Waals surface area contributed by atoms with Gasteiger partial charge in [-0.15, -0.1) is 11.3 Å². The van der Waals surface area contributed by atoms with Crippen molar-refractivity contribution in [3.63, 3.8) is 0 Å². The van der Waals surface area contributed by atoms with Gasteiger partial charge in [0.05, 0.1) is 35.1 Å². The Hall–Kier alpha value is -3.67. The maximum Gasteiger partial charge on any atom is 0.251 e. The summed E-state index contributed by atoms with van der Waals surface area (Å²) in [4.78, 5) is 33.9. The number of aryl methyl sites for hydroxylation is 1. The maximum atomic E-state index is 12.6. The summed E-state index contributed by atoms with van der Waals surface area (Å²) in [6.07, 6.45) is 2.65. The van der Waals surface area contributed by atoms with Gasteiger partial charge in [-0.2, -0.15) is 0 Å². The lowest BCUT2D eigenvalue weighted by molar-refractivity contribution is 0.0924. The highest BCUT2D eigenvalue weighted by Gasteiger charge is 2.23. The minimum absolute atomic E-state index is 0.194. The quantitative estimate of drug-likeness (QED) is 0.361. The zero-order valence-electron chi connectivity index (χ0n) is 20.1. The van der Waals surface area contributed by atoms with Gasteiger partial charge in [0.15, 0.2) is 11.6 Å². The van der Waals surface area contributed by atoms with E-state index in [4.69, 9.17) is 20.4 Å². The van der Waals surface area contributed by atoms with Crippen LogP contribution >= 0.6 is 11.3 Å². The number of aliphatic hydroxyl groups is 1. The minimum Gasteiger partial charge on any atom is -0.392 e. The number of rotatable bonds is 6. The van der Waals surface area contributed by atoms with Crippen molar-refractivity contribution in [3.8, 4) is 21.8 Å². The van der Waals surface area contributed by atoms with Crippen molar-refractivity contribution in [1.29, 1.82) is 0 Å². The maximum absolute atomic E-state index is 12.6. The number of nitrogens with two attached hydrogens (primary N) is 1. The predicted molar refractivity (Wildman–Crippen MR) is 140 cm³/mol. The van der Waals surface area contributed by atoms with E-state index in [1.165, 1.54) is 0 Å². The van der Waals surface area contributed by atoms with E-state index in [1.807, 2.05) is 25.1 Å². The molecule has 0 saturated carbocycles. The zero-order valence-corrected chi connectivity index (χ0v) is 20.9. The Bertz CT molecular complexity index is 1400. The van der Waals surface area contributed by atoms with Crippen LogP contribution in [0.1, 0.15) is 22.8 Å². The summed E-state index contributed by atoms with van der Waals surface area (Å²) in [5.41, 5.74) is 9.67. The molecule has 0 spiro atoms. The second-order valence-electron chi connectivity index (χ2n) is 8.67. The molecule has 186 valence electrons. The number of aromatic nitrogens is 4. The Morgan fingerprint density at radius 2 is 1.97 bits per heavy atom. The molecule has 1 aromatic carbocycles. The molecule has 0 radical (unpaired) electrons. The lowest BCUT2D eigenvalue weighted by Gasteiger charge is -2.28.